The Hall–Kier alpha value is -2.93. The molecule has 4 rings (SSSR count). The van der Waals surface area contributed by atoms with Crippen molar-refractivity contribution < 1.29 is 23.1 Å². The lowest BCUT2D eigenvalue weighted by Gasteiger charge is -2.15. The van der Waals surface area contributed by atoms with Crippen molar-refractivity contribution in [2.75, 3.05) is 6.61 Å². The van der Waals surface area contributed by atoms with Crippen LogP contribution in [-0.4, -0.2) is 28.6 Å². The molecule has 1 saturated carbocycles. The van der Waals surface area contributed by atoms with E-state index in [4.69, 9.17) is 0 Å². The molecule has 0 saturated heterocycles. The number of alkyl halides is 3. The summed E-state index contributed by atoms with van der Waals surface area (Å²) in [7, 11) is 0. The number of halogens is 3. The molecule has 0 aliphatic heterocycles. The van der Waals surface area contributed by atoms with Crippen molar-refractivity contribution in [1.82, 2.24) is 10.3 Å². The Kier molecular flexibility index (Phi) is 5.71. The van der Waals surface area contributed by atoms with E-state index in [1.807, 2.05) is 19.1 Å². The molecule has 1 heterocycles. The molecule has 1 aliphatic carbocycles. The zero-order valence-electron chi connectivity index (χ0n) is 17.0. The van der Waals surface area contributed by atoms with Crippen molar-refractivity contribution in [1.29, 1.82) is 0 Å². The highest BCUT2D eigenvalue weighted by atomic mass is 19.4. The van der Waals surface area contributed by atoms with Crippen molar-refractivity contribution in [2.24, 2.45) is 0 Å². The Bertz CT molecular complexity index is 1100. The first kappa shape index (κ1) is 21.3. The van der Waals surface area contributed by atoms with Crippen molar-refractivity contribution in [2.45, 2.75) is 44.3 Å². The number of benzene rings is 2. The fourth-order valence-corrected chi connectivity index (χ4v) is 3.65. The minimum Gasteiger partial charge on any atom is -0.394 e. The zero-order valence-corrected chi connectivity index (χ0v) is 17.0. The summed E-state index contributed by atoms with van der Waals surface area (Å²) >= 11 is 0. The van der Waals surface area contributed by atoms with Crippen LogP contribution < -0.4 is 5.32 Å². The first-order valence-electron chi connectivity index (χ1n) is 10.3. The standard InChI is InChI=1S/C24H23F3N2O2/c1-2-18(13-30)28-23(31)16-7-10-19-20(14-3-4-14)12-21(29-22(19)11-16)15-5-8-17(9-6-15)24(25,26)27/h5-12,14,18,30H,2-4,13H2,1H3,(H,28,31)/t18-/m1/s1. The van der Waals surface area contributed by atoms with Gasteiger partial charge in [0.05, 0.1) is 29.4 Å². The number of amides is 1. The molecule has 162 valence electrons. The lowest BCUT2D eigenvalue weighted by molar-refractivity contribution is -0.137. The van der Waals surface area contributed by atoms with Gasteiger partial charge in [-0.1, -0.05) is 25.1 Å². The molecular formula is C24H23F3N2O2. The quantitative estimate of drug-likeness (QED) is 0.560. The summed E-state index contributed by atoms with van der Waals surface area (Å²) < 4.78 is 38.7. The summed E-state index contributed by atoms with van der Waals surface area (Å²) in [6, 6.07) is 11.9. The maximum absolute atomic E-state index is 12.9. The SMILES string of the molecule is CC[C@H](CO)NC(=O)c1ccc2c(C3CC3)cc(-c3ccc(C(F)(F)F)cc3)nc2c1. The Morgan fingerprint density at radius 2 is 1.87 bits per heavy atom. The van der Waals surface area contributed by atoms with Gasteiger partial charge in [0.1, 0.15) is 0 Å². The third kappa shape index (κ3) is 4.56. The van der Waals surface area contributed by atoms with E-state index in [0.29, 0.717) is 34.7 Å². The number of hydrogen-bond donors (Lipinski definition) is 2. The molecule has 2 aromatic carbocycles. The van der Waals surface area contributed by atoms with E-state index in [0.717, 1.165) is 35.9 Å². The van der Waals surface area contributed by atoms with E-state index in [1.165, 1.54) is 12.1 Å². The van der Waals surface area contributed by atoms with Gasteiger partial charge in [-0.2, -0.15) is 13.2 Å². The molecule has 1 atom stereocenters. The Morgan fingerprint density at radius 1 is 1.16 bits per heavy atom. The van der Waals surface area contributed by atoms with Gasteiger partial charge in [-0.25, -0.2) is 4.98 Å². The third-order valence-corrected chi connectivity index (χ3v) is 5.68. The number of carbonyl (C=O) groups excluding carboxylic acids is 1. The highest BCUT2D eigenvalue weighted by Gasteiger charge is 2.30. The Balaban J connectivity index is 1.74. The van der Waals surface area contributed by atoms with Crippen LogP contribution >= 0.6 is 0 Å². The number of carbonyl (C=O) groups is 1. The predicted molar refractivity (Wildman–Crippen MR) is 113 cm³/mol. The summed E-state index contributed by atoms with van der Waals surface area (Å²) in [4.78, 5) is 17.2. The van der Waals surface area contributed by atoms with Gasteiger partial charge in [-0.3, -0.25) is 4.79 Å². The number of aliphatic hydroxyl groups excluding tert-OH is 1. The van der Waals surface area contributed by atoms with Gasteiger partial charge < -0.3 is 10.4 Å². The van der Waals surface area contributed by atoms with Crippen LogP contribution in [0.1, 0.15) is 53.6 Å². The number of nitrogens with one attached hydrogen (secondary N) is 1. The average Bonchev–Trinajstić information content (AvgIpc) is 3.61. The normalized spacial score (nSPS) is 15.1. The molecule has 0 unspecified atom stereocenters. The highest BCUT2D eigenvalue weighted by molar-refractivity contribution is 5.99. The minimum absolute atomic E-state index is 0.141. The molecular weight excluding hydrogens is 405 g/mol. The molecule has 31 heavy (non-hydrogen) atoms. The van der Waals surface area contributed by atoms with Crippen LogP contribution in [-0.2, 0) is 6.18 Å². The van der Waals surface area contributed by atoms with Gasteiger partial charge in [0, 0.05) is 16.5 Å². The molecule has 1 aromatic heterocycles. The van der Waals surface area contributed by atoms with Crippen LogP contribution in [0.4, 0.5) is 13.2 Å². The summed E-state index contributed by atoms with van der Waals surface area (Å²) in [5, 5.41) is 13.1. The number of pyridine rings is 1. The van der Waals surface area contributed by atoms with E-state index in [1.54, 1.807) is 12.1 Å². The van der Waals surface area contributed by atoms with Crippen LogP contribution in [0.15, 0.2) is 48.5 Å². The van der Waals surface area contributed by atoms with E-state index < -0.39 is 11.7 Å². The topological polar surface area (TPSA) is 62.2 Å². The average molecular weight is 428 g/mol. The molecule has 2 N–H and O–H groups in total. The van der Waals surface area contributed by atoms with E-state index >= 15 is 0 Å². The van der Waals surface area contributed by atoms with Crippen LogP contribution in [0.3, 0.4) is 0 Å². The van der Waals surface area contributed by atoms with Gasteiger partial charge >= 0.3 is 6.18 Å². The second-order valence-electron chi connectivity index (χ2n) is 7.94. The smallest absolute Gasteiger partial charge is 0.394 e. The summed E-state index contributed by atoms with van der Waals surface area (Å²) in [5.41, 5.74) is 2.64. The number of hydrogen-bond acceptors (Lipinski definition) is 3. The number of aromatic nitrogens is 1. The van der Waals surface area contributed by atoms with E-state index in [-0.39, 0.29) is 18.6 Å². The lowest BCUT2D eigenvalue weighted by atomic mass is 9.99. The third-order valence-electron chi connectivity index (χ3n) is 5.68. The van der Waals surface area contributed by atoms with Crippen molar-refractivity contribution in [3.63, 3.8) is 0 Å². The van der Waals surface area contributed by atoms with E-state index in [9.17, 15) is 23.1 Å². The molecule has 1 fully saturated rings. The van der Waals surface area contributed by atoms with Gasteiger partial charge in [0.15, 0.2) is 0 Å². The number of aliphatic hydroxyl groups is 1. The van der Waals surface area contributed by atoms with Crippen LogP contribution in [0.2, 0.25) is 0 Å². The molecule has 4 nitrogen and oxygen atoms in total. The van der Waals surface area contributed by atoms with Gasteiger partial charge in [0.25, 0.3) is 5.91 Å². The fraction of sp³-hybridized carbons (Fsp3) is 0.333. The molecule has 0 radical (unpaired) electrons. The van der Waals surface area contributed by atoms with Gasteiger partial charge in [-0.05, 0) is 61.1 Å². The lowest BCUT2D eigenvalue weighted by Crippen LogP contribution is -2.36. The molecule has 0 spiro atoms. The minimum atomic E-state index is -4.39. The highest BCUT2D eigenvalue weighted by Crippen LogP contribution is 2.44. The number of nitrogens with zero attached hydrogens (tertiary/aromatic N) is 1. The van der Waals surface area contributed by atoms with Crippen LogP contribution in [0, 0.1) is 0 Å². The Morgan fingerprint density at radius 3 is 2.45 bits per heavy atom. The predicted octanol–water partition coefficient (Wildman–Crippen LogP) is 5.30. The summed E-state index contributed by atoms with van der Waals surface area (Å²) in [5.74, 6) is 0.106. The molecule has 3 aromatic rings. The molecule has 1 amide bonds. The fourth-order valence-electron chi connectivity index (χ4n) is 3.65. The maximum atomic E-state index is 12.9. The maximum Gasteiger partial charge on any atom is 0.416 e. The summed E-state index contributed by atoms with van der Waals surface area (Å²) in [6.07, 6.45) is -1.66. The van der Waals surface area contributed by atoms with Gasteiger partial charge in [-0.15, -0.1) is 0 Å². The Labute approximate surface area is 178 Å². The molecule has 7 heteroatoms. The monoisotopic (exact) mass is 428 g/mol. The van der Waals surface area contributed by atoms with Crippen molar-refractivity contribution in [3.8, 4) is 11.3 Å². The second-order valence-corrected chi connectivity index (χ2v) is 7.94. The second kappa shape index (κ2) is 8.30. The first-order chi connectivity index (χ1) is 14.8. The van der Waals surface area contributed by atoms with E-state index in [2.05, 4.69) is 10.3 Å². The number of fused-ring (bicyclic) bond motifs is 1. The number of rotatable bonds is 6. The molecule has 1 aliphatic rings. The zero-order chi connectivity index (χ0) is 22.2. The summed E-state index contributed by atoms with van der Waals surface area (Å²) in [6.45, 7) is 1.74. The first-order valence-corrected chi connectivity index (χ1v) is 10.3. The van der Waals surface area contributed by atoms with Crippen molar-refractivity contribution >= 4 is 16.8 Å². The molecule has 0 bridgehead atoms. The van der Waals surface area contributed by atoms with Crippen molar-refractivity contribution in [3.05, 3.63) is 65.2 Å². The largest absolute Gasteiger partial charge is 0.416 e. The van der Waals surface area contributed by atoms with Gasteiger partial charge in [0.2, 0.25) is 0 Å². The van der Waals surface area contributed by atoms with Crippen LogP contribution in [0.25, 0.3) is 22.2 Å². The van der Waals surface area contributed by atoms with Crippen LogP contribution in [0.5, 0.6) is 0 Å².